The molecule has 3 aromatic rings. The van der Waals surface area contributed by atoms with Gasteiger partial charge in [0.2, 0.25) is 0 Å². The summed E-state index contributed by atoms with van der Waals surface area (Å²) < 4.78 is 3.88. The van der Waals surface area contributed by atoms with Gasteiger partial charge in [0.15, 0.2) is 0 Å². The van der Waals surface area contributed by atoms with E-state index in [4.69, 9.17) is 0 Å². The van der Waals surface area contributed by atoms with Crippen molar-refractivity contribution in [2.75, 3.05) is 19.6 Å². The van der Waals surface area contributed by atoms with E-state index in [0.29, 0.717) is 6.04 Å². The Hall–Kier alpha value is -2.51. The van der Waals surface area contributed by atoms with Gasteiger partial charge >= 0.3 is 0 Å². The molecule has 7 nitrogen and oxygen atoms in total. The van der Waals surface area contributed by atoms with Crippen molar-refractivity contribution in [3.05, 3.63) is 60.7 Å². The summed E-state index contributed by atoms with van der Waals surface area (Å²) in [4.78, 5) is 11.0. The molecule has 0 radical (unpaired) electrons. The summed E-state index contributed by atoms with van der Waals surface area (Å²) in [6.45, 7) is 3.87. The standard InChI is InChI=1S/C17H21N7/c1-22-8-7-20-17(22)16-10-18-6-9-23(16)11-14-2-4-15(5-3-14)24-13-19-12-21-24/h2-5,7-8,12-13,16,18H,6,9-11H2,1H3. The summed E-state index contributed by atoms with van der Waals surface area (Å²) in [7, 11) is 2.06. The van der Waals surface area contributed by atoms with Crippen molar-refractivity contribution in [3.63, 3.8) is 0 Å². The molecule has 7 heteroatoms. The second kappa shape index (κ2) is 6.54. The Morgan fingerprint density at radius 1 is 1.25 bits per heavy atom. The van der Waals surface area contributed by atoms with E-state index in [1.54, 1.807) is 17.3 Å². The monoisotopic (exact) mass is 323 g/mol. The minimum absolute atomic E-state index is 0.300. The van der Waals surface area contributed by atoms with E-state index in [2.05, 4.69) is 61.2 Å². The van der Waals surface area contributed by atoms with E-state index in [1.165, 1.54) is 5.56 Å². The Balaban J connectivity index is 1.51. The summed E-state index contributed by atoms with van der Waals surface area (Å²) in [6.07, 6.45) is 7.14. The highest BCUT2D eigenvalue weighted by Crippen LogP contribution is 2.23. The van der Waals surface area contributed by atoms with Gasteiger partial charge in [0.1, 0.15) is 18.5 Å². The third-order valence-electron chi connectivity index (χ3n) is 4.52. The Morgan fingerprint density at radius 2 is 2.12 bits per heavy atom. The van der Waals surface area contributed by atoms with Gasteiger partial charge < -0.3 is 9.88 Å². The van der Waals surface area contributed by atoms with E-state index in [0.717, 1.165) is 37.7 Å². The predicted octanol–water partition coefficient (Wildman–Crippen LogP) is 1.15. The molecule has 1 unspecified atom stereocenters. The Morgan fingerprint density at radius 3 is 2.83 bits per heavy atom. The van der Waals surface area contributed by atoms with E-state index in [-0.39, 0.29) is 0 Å². The van der Waals surface area contributed by atoms with Crippen molar-refractivity contribution in [3.8, 4) is 5.69 Å². The van der Waals surface area contributed by atoms with Crippen molar-refractivity contribution < 1.29 is 0 Å². The normalized spacial score (nSPS) is 18.8. The lowest BCUT2D eigenvalue weighted by atomic mass is 10.1. The number of aryl methyl sites for hydroxylation is 1. The van der Waals surface area contributed by atoms with Gasteiger partial charge in [-0.05, 0) is 17.7 Å². The van der Waals surface area contributed by atoms with Crippen LogP contribution in [0.1, 0.15) is 17.4 Å². The second-order valence-corrected chi connectivity index (χ2v) is 6.09. The third-order valence-corrected chi connectivity index (χ3v) is 4.52. The minimum atomic E-state index is 0.300. The molecule has 1 N–H and O–H groups in total. The van der Waals surface area contributed by atoms with E-state index < -0.39 is 0 Å². The highest BCUT2D eigenvalue weighted by atomic mass is 15.3. The van der Waals surface area contributed by atoms with Crippen LogP contribution in [0.3, 0.4) is 0 Å². The lowest BCUT2D eigenvalue weighted by Gasteiger charge is -2.35. The fourth-order valence-corrected chi connectivity index (χ4v) is 3.22. The third kappa shape index (κ3) is 2.95. The highest BCUT2D eigenvalue weighted by molar-refractivity contribution is 5.33. The fraction of sp³-hybridized carbons (Fsp3) is 0.353. The molecule has 4 rings (SSSR count). The average molecular weight is 323 g/mol. The molecule has 2 aromatic heterocycles. The van der Waals surface area contributed by atoms with Crippen LogP contribution in [0.2, 0.25) is 0 Å². The average Bonchev–Trinajstić information content (AvgIpc) is 3.28. The number of hydrogen-bond donors (Lipinski definition) is 1. The van der Waals surface area contributed by atoms with Crippen LogP contribution in [-0.4, -0.2) is 48.8 Å². The number of nitrogens with zero attached hydrogens (tertiary/aromatic N) is 6. The summed E-state index contributed by atoms with van der Waals surface area (Å²) >= 11 is 0. The van der Waals surface area contributed by atoms with Gasteiger partial charge in [0.25, 0.3) is 0 Å². The highest BCUT2D eigenvalue weighted by Gasteiger charge is 2.26. The SMILES string of the molecule is Cn1ccnc1C1CNCCN1Cc1ccc(-n2cncn2)cc1. The first-order valence-electron chi connectivity index (χ1n) is 8.17. The van der Waals surface area contributed by atoms with Crippen LogP contribution in [0.4, 0.5) is 0 Å². The predicted molar refractivity (Wildman–Crippen MR) is 90.6 cm³/mol. The zero-order valence-electron chi connectivity index (χ0n) is 13.7. The molecule has 0 bridgehead atoms. The Labute approximate surface area is 141 Å². The van der Waals surface area contributed by atoms with E-state index in [1.807, 2.05) is 12.4 Å². The van der Waals surface area contributed by atoms with Crippen molar-refractivity contribution in [2.24, 2.45) is 7.05 Å². The Kier molecular flexibility index (Phi) is 4.10. The van der Waals surface area contributed by atoms with Crippen LogP contribution in [0, 0.1) is 0 Å². The lowest BCUT2D eigenvalue weighted by molar-refractivity contribution is 0.145. The van der Waals surface area contributed by atoms with Crippen LogP contribution in [0.15, 0.2) is 49.3 Å². The largest absolute Gasteiger partial charge is 0.337 e. The fourth-order valence-electron chi connectivity index (χ4n) is 3.22. The Bertz CT molecular complexity index is 776. The maximum absolute atomic E-state index is 4.54. The van der Waals surface area contributed by atoms with Crippen LogP contribution >= 0.6 is 0 Å². The van der Waals surface area contributed by atoms with Gasteiger partial charge in [-0.3, -0.25) is 4.90 Å². The summed E-state index contributed by atoms with van der Waals surface area (Å²) in [5, 5.41) is 7.64. The molecular weight excluding hydrogens is 302 g/mol. The van der Waals surface area contributed by atoms with Crippen LogP contribution in [0.5, 0.6) is 0 Å². The maximum atomic E-state index is 4.54. The minimum Gasteiger partial charge on any atom is -0.337 e. The summed E-state index contributed by atoms with van der Waals surface area (Å²) in [5.74, 6) is 1.11. The molecule has 1 aromatic carbocycles. The number of aromatic nitrogens is 5. The van der Waals surface area contributed by atoms with Crippen molar-refractivity contribution in [1.29, 1.82) is 0 Å². The zero-order chi connectivity index (χ0) is 16.4. The van der Waals surface area contributed by atoms with Crippen LogP contribution in [0.25, 0.3) is 5.69 Å². The number of nitrogens with one attached hydrogen (secondary N) is 1. The quantitative estimate of drug-likeness (QED) is 0.780. The first-order valence-corrected chi connectivity index (χ1v) is 8.17. The molecule has 124 valence electrons. The molecule has 1 fully saturated rings. The number of piperazine rings is 1. The van der Waals surface area contributed by atoms with Crippen LogP contribution in [-0.2, 0) is 13.6 Å². The first kappa shape index (κ1) is 15.0. The molecule has 0 spiro atoms. The molecular formula is C17H21N7. The zero-order valence-corrected chi connectivity index (χ0v) is 13.7. The van der Waals surface area contributed by atoms with Gasteiger partial charge in [0, 0.05) is 45.6 Å². The molecule has 24 heavy (non-hydrogen) atoms. The van der Waals surface area contributed by atoms with Gasteiger partial charge in [-0.1, -0.05) is 12.1 Å². The number of rotatable bonds is 4. The van der Waals surface area contributed by atoms with Gasteiger partial charge in [-0.25, -0.2) is 14.6 Å². The van der Waals surface area contributed by atoms with Crippen LogP contribution < -0.4 is 5.32 Å². The number of imidazole rings is 1. The van der Waals surface area contributed by atoms with E-state index >= 15 is 0 Å². The first-order chi connectivity index (χ1) is 11.8. The van der Waals surface area contributed by atoms with Crippen molar-refractivity contribution in [1.82, 2.24) is 34.5 Å². The molecule has 1 aliphatic rings. The molecule has 1 atom stereocenters. The smallest absolute Gasteiger partial charge is 0.138 e. The summed E-state index contributed by atoms with van der Waals surface area (Å²) in [6, 6.07) is 8.79. The lowest BCUT2D eigenvalue weighted by Crippen LogP contribution is -2.46. The topological polar surface area (TPSA) is 63.8 Å². The number of hydrogen-bond acceptors (Lipinski definition) is 5. The second-order valence-electron chi connectivity index (χ2n) is 6.09. The molecule has 0 aliphatic carbocycles. The molecule has 3 heterocycles. The molecule has 1 aliphatic heterocycles. The van der Waals surface area contributed by atoms with Gasteiger partial charge in [0.05, 0.1) is 11.7 Å². The van der Waals surface area contributed by atoms with Crippen molar-refractivity contribution in [2.45, 2.75) is 12.6 Å². The van der Waals surface area contributed by atoms with Gasteiger partial charge in [-0.15, -0.1) is 0 Å². The van der Waals surface area contributed by atoms with Crippen molar-refractivity contribution >= 4 is 0 Å². The molecule has 1 saturated heterocycles. The van der Waals surface area contributed by atoms with E-state index in [9.17, 15) is 0 Å². The number of benzene rings is 1. The molecule has 0 amide bonds. The maximum Gasteiger partial charge on any atom is 0.138 e. The summed E-state index contributed by atoms with van der Waals surface area (Å²) in [5.41, 5.74) is 2.32. The molecule has 0 saturated carbocycles. The van der Waals surface area contributed by atoms with Gasteiger partial charge in [-0.2, -0.15) is 5.10 Å².